The topological polar surface area (TPSA) is 31.4 Å². The molecule has 3 heteroatoms. The smallest absolute Gasteiger partial charge is 0.216 e. The van der Waals surface area contributed by atoms with Crippen LogP contribution in [0.25, 0.3) is 0 Å². The van der Waals surface area contributed by atoms with Gasteiger partial charge in [-0.15, -0.1) is 0 Å². The summed E-state index contributed by atoms with van der Waals surface area (Å²) in [7, 11) is 3.22. The first-order chi connectivity index (χ1) is 6.65. The van der Waals surface area contributed by atoms with Crippen molar-refractivity contribution in [1.82, 2.24) is 4.98 Å². The van der Waals surface area contributed by atoms with Gasteiger partial charge in [-0.05, 0) is 17.9 Å². The van der Waals surface area contributed by atoms with E-state index in [1.807, 2.05) is 12.1 Å². The highest BCUT2D eigenvalue weighted by Crippen LogP contribution is 2.19. The number of pyridine rings is 1. The number of hydrogen-bond acceptors (Lipinski definition) is 3. The predicted molar refractivity (Wildman–Crippen MR) is 55.9 cm³/mol. The van der Waals surface area contributed by atoms with Gasteiger partial charge in [0.05, 0.1) is 14.2 Å². The summed E-state index contributed by atoms with van der Waals surface area (Å²) in [6, 6.07) is 3.89. The van der Waals surface area contributed by atoms with E-state index in [2.05, 4.69) is 18.8 Å². The zero-order valence-corrected chi connectivity index (χ0v) is 9.20. The average Bonchev–Trinajstić information content (AvgIpc) is 2.16. The minimum atomic E-state index is 0.611. The molecule has 3 nitrogen and oxygen atoms in total. The SMILES string of the molecule is COc1cc(CC(C)C)cc(OC)n1. The van der Waals surface area contributed by atoms with Crippen molar-refractivity contribution in [3.8, 4) is 11.8 Å². The van der Waals surface area contributed by atoms with Gasteiger partial charge in [0.1, 0.15) is 0 Å². The van der Waals surface area contributed by atoms with E-state index >= 15 is 0 Å². The molecule has 0 aliphatic carbocycles. The van der Waals surface area contributed by atoms with Gasteiger partial charge in [0.25, 0.3) is 0 Å². The fourth-order valence-electron chi connectivity index (χ4n) is 1.33. The summed E-state index contributed by atoms with van der Waals surface area (Å²) >= 11 is 0. The molecule has 1 rings (SSSR count). The summed E-state index contributed by atoms with van der Waals surface area (Å²) in [6.07, 6.45) is 1.01. The molecule has 0 saturated heterocycles. The van der Waals surface area contributed by atoms with E-state index in [1.165, 1.54) is 5.56 Å². The van der Waals surface area contributed by atoms with Gasteiger partial charge in [-0.3, -0.25) is 0 Å². The van der Waals surface area contributed by atoms with Crippen molar-refractivity contribution >= 4 is 0 Å². The fraction of sp³-hybridized carbons (Fsp3) is 0.545. The van der Waals surface area contributed by atoms with Gasteiger partial charge >= 0.3 is 0 Å². The molecule has 0 saturated carbocycles. The van der Waals surface area contributed by atoms with E-state index in [0.717, 1.165) is 6.42 Å². The molecule has 1 heterocycles. The highest BCUT2D eigenvalue weighted by Gasteiger charge is 2.04. The molecular formula is C11H17NO2. The Morgan fingerprint density at radius 1 is 1.14 bits per heavy atom. The Labute approximate surface area is 85.1 Å². The summed E-state index contributed by atoms with van der Waals surface area (Å²) in [6.45, 7) is 4.36. The van der Waals surface area contributed by atoms with Crippen LogP contribution in [0.15, 0.2) is 12.1 Å². The Morgan fingerprint density at radius 3 is 2.00 bits per heavy atom. The molecule has 0 fully saturated rings. The first kappa shape index (κ1) is 10.8. The van der Waals surface area contributed by atoms with E-state index in [1.54, 1.807) is 14.2 Å². The van der Waals surface area contributed by atoms with Crippen LogP contribution < -0.4 is 9.47 Å². The minimum absolute atomic E-state index is 0.611. The van der Waals surface area contributed by atoms with Crippen molar-refractivity contribution in [2.24, 2.45) is 5.92 Å². The van der Waals surface area contributed by atoms with Gasteiger partial charge in [0.15, 0.2) is 0 Å². The van der Waals surface area contributed by atoms with Crippen LogP contribution in [0.1, 0.15) is 19.4 Å². The van der Waals surface area contributed by atoms with Crippen LogP contribution in [0.5, 0.6) is 11.8 Å². The summed E-state index contributed by atoms with van der Waals surface area (Å²) in [4.78, 5) is 4.13. The third kappa shape index (κ3) is 2.91. The highest BCUT2D eigenvalue weighted by molar-refractivity contribution is 5.28. The lowest BCUT2D eigenvalue weighted by atomic mass is 10.0. The molecule has 1 aromatic rings. The highest BCUT2D eigenvalue weighted by atomic mass is 16.5. The fourth-order valence-corrected chi connectivity index (χ4v) is 1.33. The molecule has 0 spiro atoms. The minimum Gasteiger partial charge on any atom is -0.481 e. The summed E-state index contributed by atoms with van der Waals surface area (Å²) in [5.41, 5.74) is 1.20. The largest absolute Gasteiger partial charge is 0.481 e. The van der Waals surface area contributed by atoms with Gasteiger partial charge in [-0.25, -0.2) is 0 Å². The summed E-state index contributed by atoms with van der Waals surface area (Å²) in [5.74, 6) is 1.84. The van der Waals surface area contributed by atoms with Crippen molar-refractivity contribution in [1.29, 1.82) is 0 Å². The zero-order valence-electron chi connectivity index (χ0n) is 9.20. The molecule has 0 aromatic carbocycles. The lowest BCUT2D eigenvalue weighted by Crippen LogP contribution is -1.98. The van der Waals surface area contributed by atoms with Crippen molar-refractivity contribution in [3.05, 3.63) is 17.7 Å². The molecule has 0 aliphatic rings. The van der Waals surface area contributed by atoms with Crippen LogP contribution in [0, 0.1) is 5.92 Å². The number of ether oxygens (including phenoxy) is 2. The Hall–Kier alpha value is -1.25. The van der Waals surface area contributed by atoms with Crippen LogP contribution >= 0.6 is 0 Å². The molecule has 78 valence electrons. The third-order valence-electron chi connectivity index (χ3n) is 1.90. The van der Waals surface area contributed by atoms with Crippen LogP contribution in [0.2, 0.25) is 0 Å². The molecule has 0 bridgehead atoms. The molecule has 14 heavy (non-hydrogen) atoms. The van der Waals surface area contributed by atoms with Crippen molar-refractivity contribution in [2.75, 3.05) is 14.2 Å². The molecule has 0 N–H and O–H groups in total. The monoisotopic (exact) mass is 195 g/mol. The maximum atomic E-state index is 5.09. The second-order valence-electron chi connectivity index (χ2n) is 3.66. The molecule has 0 aliphatic heterocycles. The Morgan fingerprint density at radius 2 is 1.64 bits per heavy atom. The molecule has 1 aromatic heterocycles. The average molecular weight is 195 g/mol. The van der Waals surface area contributed by atoms with Crippen molar-refractivity contribution in [3.63, 3.8) is 0 Å². The lowest BCUT2D eigenvalue weighted by molar-refractivity contribution is 0.363. The van der Waals surface area contributed by atoms with Crippen LogP contribution in [0.3, 0.4) is 0 Å². The maximum absolute atomic E-state index is 5.09. The van der Waals surface area contributed by atoms with Gasteiger partial charge < -0.3 is 9.47 Å². The number of methoxy groups -OCH3 is 2. The lowest BCUT2D eigenvalue weighted by Gasteiger charge is -2.08. The zero-order chi connectivity index (χ0) is 10.6. The quantitative estimate of drug-likeness (QED) is 0.738. The van der Waals surface area contributed by atoms with Crippen LogP contribution in [0.4, 0.5) is 0 Å². The molecule has 0 unspecified atom stereocenters. The predicted octanol–water partition coefficient (Wildman–Crippen LogP) is 2.30. The molecule has 0 amide bonds. The van der Waals surface area contributed by atoms with Gasteiger partial charge in [-0.2, -0.15) is 4.98 Å². The number of nitrogens with zero attached hydrogens (tertiary/aromatic N) is 1. The first-order valence-electron chi connectivity index (χ1n) is 4.74. The first-order valence-corrected chi connectivity index (χ1v) is 4.74. The Bertz CT molecular complexity index is 275. The van der Waals surface area contributed by atoms with Crippen molar-refractivity contribution in [2.45, 2.75) is 20.3 Å². The molecular weight excluding hydrogens is 178 g/mol. The molecule has 0 atom stereocenters. The third-order valence-corrected chi connectivity index (χ3v) is 1.90. The van der Waals surface area contributed by atoms with Gasteiger partial charge in [0.2, 0.25) is 11.8 Å². The van der Waals surface area contributed by atoms with E-state index in [4.69, 9.17) is 9.47 Å². The van der Waals surface area contributed by atoms with Gasteiger partial charge in [0, 0.05) is 12.1 Å². The maximum Gasteiger partial charge on any atom is 0.216 e. The van der Waals surface area contributed by atoms with Crippen LogP contribution in [-0.4, -0.2) is 19.2 Å². The van der Waals surface area contributed by atoms with Crippen molar-refractivity contribution < 1.29 is 9.47 Å². The number of hydrogen-bond donors (Lipinski definition) is 0. The van der Waals surface area contributed by atoms with E-state index in [-0.39, 0.29) is 0 Å². The van der Waals surface area contributed by atoms with Crippen LogP contribution in [-0.2, 0) is 6.42 Å². The summed E-state index contributed by atoms with van der Waals surface area (Å²) in [5, 5.41) is 0. The molecule has 0 radical (unpaired) electrons. The van der Waals surface area contributed by atoms with E-state index in [0.29, 0.717) is 17.7 Å². The van der Waals surface area contributed by atoms with E-state index < -0.39 is 0 Å². The normalized spacial score (nSPS) is 10.4. The number of rotatable bonds is 4. The summed E-state index contributed by atoms with van der Waals surface area (Å²) < 4.78 is 10.2. The second-order valence-corrected chi connectivity index (χ2v) is 3.66. The standard InChI is InChI=1S/C11H17NO2/c1-8(2)5-9-6-10(13-3)12-11(7-9)14-4/h6-8H,5H2,1-4H3. The number of aromatic nitrogens is 1. The van der Waals surface area contributed by atoms with Gasteiger partial charge in [-0.1, -0.05) is 13.8 Å². The Balaban J connectivity index is 2.92. The second kappa shape index (κ2) is 4.84. The van der Waals surface area contributed by atoms with E-state index in [9.17, 15) is 0 Å². The Kier molecular flexibility index (Phi) is 3.74.